The summed E-state index contributed by atoms with van der Waals surface area (Å²) in [4.78, 5) is 13.5. The molecule has 0 fully saturated rings. The third kappa shape index (κ3) is 4.59. The number of hydrogen-bond donors (Lipinski definition) is 1. The largest absolute Gasteiger partial charge is 0.441 e. The molecule has 3 aromatic rings. The number of hydrogen-bond acceptors (Lipinski definition) is 4. The van der Waals surface area contributed by atoms with Gasteiger partial charge in [-0.15, -0.1) is 11.3 Å². The molecule has 0 bridgehead atoms. The molecule has 0 aliphatic heterocycles. The highest BCUT2D eigenvalue weighted by molar-refractivity contribution is 8.00. The van der Waals surface area contributed by atoms with Crippen LogP contribution in [0.5, 0.6) is 0 Å². The van der Waals surface area contributed by atoms with Crippen molar-refractivity contribution in [2.45, 2.75) is 19.0 Å². The van der Waals surface area contributed by atoms with E-state index in [1.54, 1.807) is 6.07 Å². The number of rotatable bonds is 6. The summed E-state index contributed by atoms with van der Waals surface area (Å²) in [7, 11) is 0. The van der Waals surface area contributed by atoms with Crippen LogP contribution in [-0.4, -0.2) is 33.5 Å². The average molecular weight is 399 g/mol. The molecule has 1 aromatic carbocycles. The van der Waals surface area contributed by atoms with Crippen molar-refractivity contribution in [3.05, 3.63) is 52.5 Å². The molecule has 0 unspecified atom stereocenters. The Morgan fingerprint density at radius 3 is 2.73 bits per heavy atom. The molecule has 2 heterocycles. The van der Waals surface area contributed by atoms with E-state index < -0.39 is 5.51 Å². The number of halogens is 3. The fraction of sp³-hybridized carbons (Fsp3) is 0.294. The number of thioether (sulfide) groups is 1. The number of benzene rings is 1. The predicted octanol–water partition coefficient (Wildman–Crippen LogP) is 4.44. The van der Waals surface area contributed by atoms with Crippen LogP contribution >= 0.6 is 23.1 Å². The summed E-state index contributed by atoms with van der Waals surface area (Å²) in [6.45, 7) is 2.43. The smallest absolute Gasteiger partial charge is 0.351 e. The predicted molar refractivity (Wildman–Crippen MR) is 98.7 cm³/mol. The maximum atomic E-state index is 12.2. The molecule has 0 aliphatic carbocycles. The van der Waals surface area contributed by atoms with E-state index in [2.05, 4.69) is 10.4 Å². The number of alkyl halides is 3. The average Bonchev–Trinajstić information content (AvgIpc) is 3.14. The van der Waals surface area contributed by atoms with Gasteiger partial charge in [-0.3, -0.25) is 9.48 Å². The van der Waals surface area contributed by atoms with Crippen molar-refractivity contribution in [3.8, 4) is 0 Å². The van der Waals surface area contributed by atoms with Crippen molar-refractivity contribution < 1.29 is 18.0 Å². The van der Waals surface area contributed by atoms with Crippen LogP contribution in [0.3, 0.4) is 0 Å². The van der Waals surface area contributed by atoms with Crippen molar-refractivity contribution in [1.82, 2.24) is 15.1 Å². The monoisotopic (exact) mass is 399 g/mol. The number of carbonyl (C=O) groups excluding carboxylic acids is 1. The minimum atomic E-state index is -4.28. The summed E-state index contributed by atoms with van der Waals surface area (Å²) in [5.41, 5.74) is -2.36. The number of fused-ring (bicyclic) bond motifs is 1. The zero-order valence-corrected chi connectivity index (χ0v) is 15.5. The Balaban J connectivity index is 1.70. The van der Waals surface area contributed by atoms with Gasteiger partial charge in [0.15, 0.2) is 0 Å². The number of amides is 1. The van der Waals surface area contributed by atoms with Crippen LogP contribution in [0.1, 0.15) is 20.9 Å². The summed E-state index contributed by atoms with van der Waals surface area (Å²) < 4.78 is 38.2. The van der Waals surface area contributed by atoms with Gasteiger partial charge in [-0.2, -0.15) is 18.3 Å². The fourth-order valence-electron chi connectivity index (χ4n) is 2.51. The second-order valence-corrected chi connectivity index (χ2v) is 7.80. The molecule has 0 aliphatic rings. The third-order valence-corrected chi connectivity index (χ3v) is 5.54. The lowest BCUT2D eigenvalue weighted by molar-refractivity contribution is -0.0327. The molecular formula is C17H16F3N3OS2. The molecule has 138 valence electrons. The van der Waals surface area contributed by atoms with Gasteiger partial charge in [-0.05, 0) is 30.3 Å². The van der Waals surface area contributed by atoms with Gasteiger partial charge >= 0.3 is 5.51 Å². The van der Waals surface area contributed by atoms with E-state index in [0.717, 1.165) is 21.5 Å². The highest BCUT2D eigenvalue weighted by Crippen LogP contribution is 2.30. The maximum absolute atomic E-state index is 12.2. The SMILES string of the molecule is Cc1nn(Cc2ccccc2)c2sc(C(=O)NCCSC(F)(F)F)cc12. The van der Waals surface area contributed by atoms with E-state index in [9.17, 15) is 18.0 Å². The van der Waals surface area contributed by atoms with Crippen LogP contribution in [-0.2, 0) is 6.54 Å². The molecule has 1 amide bonds. The number of carbonyl (C=O) groups is 1. The van der Waals surface area contributed by atoms with E-state index >= 15 is 0 Å². The van der Waals surface area contributed by atoms with Crippen LogP contribution in [0.15, 0.2) is 36.4 Å². The molecule has 3 rings (SSSR count). The van der Waals surface area contributed by atoms with Gasteiger partial charge in [0, 0.05) is 17.7 Å². The number of aryl methyl sites for hydroxylation is 1. The number of thiophene rings is 1. The Kier molecular flexibility index (Phi) is 5.57. The van der Waals surface area contributed by atoms with E-state index in [1.807, 2.05) is 41.9 Å². The fourth-order valence-corrected chi connectivity index (χ4v) is 4.02. The van der Waals surface area contributed by atoms with Crippen molar-refractivity contribution in [2.75, 3.05) is 12.3 Å². The lowest BCUT2D eigenvalue weighted by atomic mass is 10.2. The number of nitrogens with one attached hydrogen (secondary N) is 1. The van der Waals surface area contributed by atoms with Crippen LogP contribution in [0.25, 0.3) is 10.2 Å². The van der Waals surface area contributed by atoms with Crippen molar-refractivity contribution in [2.24, 2.45) is 0 Å². The summed E-state index contributed by atoms with van der Waals surface area (Å²) in [6, 6.07) is 11.6. The summed E-state index contributed by atoms with van der Waals surface area (Å²) >= 11 is 1.15. The molecule has 4 nitrogen and oxygen atoms in total. The first-order valence-corrected chi connectivity index (χ1v) is 9.63. The Morgan fingerprint density at radius 2 is 2.04 bits per heavy atom. The first kappa shape index (κ1) is 18.8. The number of nitrogens with zero attached hydrogens (tertiary/aromatic N) is 2. The molecule has 0 spiro atoms. The topological polar surface area (TPSA) is 46.9 Å². The highest BCUT2D eigenvalue weighted by atomic mass is 32.2. The Labute approximate surface area is 156 Å². The van der Waals surface area contributed by atoms with Gasteiger partial charge in [0.25, 0.3) is 5.91 Å². The van der Waals surface area contributed by atoms with Gasteiger partial charge in [0.2, 0.25) is 0 Å². The quantitative estimate of drug-likeness (QED) is 0.624. The van der Waals surface area contributed by atoms with Gasteiger partial charge in [-0.25, -0.2) is 0 Å². The highest BCUT2D eigenvalue weighted by Gasteiger charge is 2.27. The minimum Gasteiger partial charge on any atom is -0.351 e. The molecule has 0 radical (unpaired) electrons. The van der Waals surface area contributed by atoms with Gasteiger partial charge in [0.05, 0.1) is 17.1 Å². The minimum absolute atomic E-state index is 0.0353. The third-order valence-electron chi connectivity index (χ3n) is 3.66. The molecular weight excluding hydrogens is 383 g/mol. The Bertz CT molecular complexity index is 903. The zero-order valence-electron chi connectivity index (χ0n) is 13.8. The van der Waals surface area contributed by atoms with Gasteiger partial charge in [0.1, 0.15) is 4.83 Å². The standard InChI is InChI=1S/C17H16F3N3OS2/c1-11-13-9-14(15(24)21-7-8-25-17(18,19)20)26-16(13)23(22-11)10-12-5-3-2-4-6-12/h2-6,9H,7-8,10H2,1H3,(H,21,24). The van der Waals surface area contributed by atoms with E-state index in [1.165, 1.54) is 11.3 Å². The molecule has 0 saturated heterocycles. The number of aromatic nitrogens is 2. The van der Waals surface area contributed by atoms with Crippen LogP contribution in [0.4, 0.5) is 13.2 Å². The summed E-state index contributed by atoms with van der Waals surface area (Å²) in [5, 5.41) is 7.94. The van der Waals surface area contributed by atoms with Crippen molar-refractivity contribution in [3.63, 3.8) is 0 Å². The van der Waals surface area contributed by atoms with Crippen LogP contribution < -0.4 is 5.32 Å². The second kappa shape index (κ2) is 7.71. The normalized spacial score (nSPS) is 11.8. The van der Waals surface area contributed by atoms with Crippen molar-refractivity contribution in [1.29, 1.82) is 0 Å². The lowest BCUT2D eigenvalue weighted by Gasteiger charge is -2.06. The first-order chi connectivity index (χ1) is 12.3. The van der Waals surface area contributed by atoms with Crippen LogP contribution in [0, 0.1) is 6.92 Å². The Morgan fingerprint density at radius 1 is 1.31 bits per heavy atom. The molecule has 9 heteroatoms. The molecule has 2 aromatic heterocycles. The van der Waals surface area contributed by atoms with Gasteiger partial charge < -0.3 is 5.32 Å². The van der Waals surface area contributed by atoms with E-state index in [0.29, 0.717) is 11.4 Å². The summed E-state index contributed by atoms with van der Waals surface area (Å²) in [6.07, 6.45) is 0. The second-order valence-electron chi connectivity index (χ2n) is 5.61. The molecule has 26 heavy (non-hydrogen) atoms. The lowest BCUT2D eigenvalue weighted by Crippen LogP contribution is -2.25. The molecule has 1 N–H and O–H groups in total. The zero-order chi connectivity index (χ0) is 18.7. The first-order valence-electron chi connectivity index (χ1n) is 7.83. The van der Waals surface area contributed by atoms with E-state index in [-0.39, 0.29) is 30.0 Å². The molecule has 0 atom stereocenters. The van der Waals surface area contributed by atoms with Crippen molar-refractivity contribution >= 4 is 39.2 Å². The maximum Gasteiger partial charge on any atom is 0.441 e. The molecule has 0 saturated carbocycles. The Hall–Kier alpha value is -2.00. The summed E-state index contributed by atoms with van der Waals surface area (Å²) in [5.74, 6) is -0.569. The van der Waals surface area contributed by atoms with Gasteiger partial charge in [-0.1, -0.05) is 30.3 Å². The van der Waals surface area contributed by atoms with E-state index in [4.69, 9.17) is 0 Å². The van der Waals surface area contributed by atoms with Crippen LogP contribution in [0.2, 0.25) is 0 Å².